The highest BCUT2D eigenvalue weighted by Gasteiger charge is 2.34. The summed E-state index contributed by atoms with van der Waals surface area (Å²) in [4.78, 5) is 5.26. The van der Waals surface area contributed by atoms with Gasteiger partial charge in [-0.25, -0.2) is 4.98 Å². The molecule has 0 radical (unpaired) electrons. The van der Waals surface area contributed by atoms with E-state index in [1.54, 1.807) is 11.0 Å². The van der Waals surface area contributed by atoms with Crippen LogP contribution < -0.4 is 9.64 Å². The highest BCUT2D eigenvalue weighted by atomic mass is 19.4. The van der Waals surface area contributed by atoms with Gasteiger partial charge in [-0.1, -0.05) is 20.8 Å². The van der Waals surface area contributed by atoms with Crippen molar-refractivity contribution in [1.29, 1.82) is 5.26 Å². The van der Waals surface area contributed by atoms with Crippen molar-refractivity contribution < 1.29 is 22.3 Å². The lowest BCUT2D eigenvalue weighted by molar-refractivity contribution is -0.137. The van der Waals surface area contributed by atoms with Crippen molar-refractivity contribution in [2.45, 2.75) is 26.9 Å². The SMILES string of the molecule is CC(C)(C)CN(CCOc1ccc(F)nc1)c1ccc(C#N)c(C(F)(F)F)c1. The molecule has 0 aliphatic rings. The standard InChI is InChI=1S/C20H21F4N3O/c1-19(2,3)13-27(8-9-28-16-6-7-18(21)26-12-16)15-5-4-14(11-25)17(10-15)20(22,23)24/h4-7,10,12H,8-9,13H2,1-3H3. The van der Waals surface area contributed by atoms with Gasteiger partial charge >= 0.3 is 6.18 Å². The van der Waals surface area contributed by atoms with Crippen LogP contribution in [-0.2, 0) is 6.18 Å². The Bertz CT molecular complexity index is 837. The van der Waals surface area contributed by atoms with Gasteiger partial charge in [0.2, 0.25) is 5.95 Å². The molecule has 0 unspecified atom stereocenters. The lowest BCUT2D eigenvalue weighted by Crippen LogP contribution is -2.36. The van der Waals surface area contributed by atoms with Crippen LogP contribution in [0.5, 0.6) is 5.75 Å². The summed E-state index contributed by atoms with van der Waals surface area (Å²) in [5, 5.41) is 8.97. The quantitative estimate of drug-likeness (QED) is 0.508. The molecule has 1 aromatic carbocycles. The van der Waals surface area contributed by atoms with Crippen molar-refractivity contribution in [3.05, 3.63) is 53.6 Å². The molecule has 0 spiro atoms. The average Bonchev–Trinajstić information content (AvgIpc) is 2.60. The number of rotatable bonds is 6. The molecule has 1 heterocycles. The summed E-state index contributed by atoms with van der Waals surface area (Å²) in [5.74, 6) is -0.258. The normalized spacial score (nSPS) is 11.8. The van der Waals surface area contributed by atoms with E-state index in [0.29, 0.717) is 24.5 Å². The maximum absolute atomic E-state index is 13.3. The van der Waals surface area contributed by atoms with Gasteiger partial charge in [-0.3, -0.25) is 0 Å². The number of hydrogen-bond acceptors (Lipinski definition) is 4. The monoisotopic (exact) mass is 395 g/mol. The Hall–Kier alpha value is -2.82. The predicted molar refractivity (Wildman–Crippen MR) is 97.5 cm³/mol. The van der Waals surface area contributed by atoms with Crippen LogP contribution in [-0.4, -0.2) is 24.7 Å². The highest BCUT2D eigenvalue weighted by Crippen LogP contribution is 2.35. The first-order chi connectivity index (χ1) is 13.0. The zero-order chi connectivity index (χ0) is 20.9. The topological polar surface area (TPSA) is 49.1 Å². The number of hydrogen-bond donors (Lipinski definition) is 0. The Kier molecular flexibility index (Phi) is 6.49. The first kappa shape index (κ1) is 21.5. The van der Waals surface area contributed by atoms with Crippen molar-refractivity contribution >= 4 is 5.69 Å². The average molecular weight is 395 g/mol. The molecule has 28 heavy (non-hydrogen) atoms. The fourth-order valence-corrected chi connectivity index (χ4v) is 2.65. The number of nitrogens with zero attached hydrogens (tertiary/aromatic N) is 3. The van der Waals surface area contributed by atoms with Crippen LogP contribution in [0.3, 0.4) is 0 Å². The molecule has 1 aromatic heterocycles. The minimum Gasteiger partial charge on any atom is -0.490 e. The van der Waals surface area contributed by atoms with Crippen molar-refractivity contribution in [2.75, 3.05) is 24.6 Å². The molecule has 2 rings (SSSR count). The molecule has 0 saturated carbocycles. The van der Waals surface area contributed by atoms with Gasteiger partial charge in [0.15, 0.2) is 0 Å². The van der Waals surface area contributed by atoms with E-state index in [9.17, 15) is 17.6 Å². The minimum atomic E-state index is -4.62. The Labute approximate surface area is 161 Å². The molecule has 0 atom stereocenters. The zero-order valence-electron chi connectivity index (χ0n) is 15.8. The number of nitriles is 1. The van der Waals surface area contributed by atoms with Crippen molar-refractivity contribution in [1.82, 2.24) is 4.98 Å². The second-order valence-electron chi connectivity index (χ2n) is 7.49. The van der Waals surface area contributed by atoms with Crippen LogP contribution in [0, 0.1) is 22.7 Å². The third kappa shape index (κ3) is 6.12. The van der Waals surface area contributed by atoms with Gasteiger partial charge in [0.05, 0.1) is 29.9 Å². The maximum Gasteiger partial charge on any atom is 0.417 e. The van der Waals surface area contributed by atoms with E-state index >= 15 is 0 Å². The number of benzene rings is 1. The molecule has 0 amide bonds. The predicted octanol–water partition coefficient (Wildman–Crippen LogP) is 5.04. The summed E-state index contributed by atoms with van der Waals surface area (Å²) in [6.45, 7) is 6.86. The van der Waals surface area contributed by atoms with Crippen molar-refractivity contribution in [2.24, 2.45) is 5.41 Å². The number of anilines is 1. The molecule has 0 bridgehead atoms. The molecule has 0 saturated heterocycles. The number of alkyl halides is 3. The van der Waals surface area contributed by atoms with Gasteiger partial charge in [-0.15, -0.1) is 0 Å². The van der Waals surface area contributed by atoms with Gasteiger partial charge < -0.3 is 9.64 Å². The Morgan fingerprint density at radius 1 is 1.14 bits per heavy atom. The Balaban J connectivity index is 2.23. The third-order valence-corrected chi connectivity index (χ3v) is 3.79. The summed E-state index contributed by atoms with van der Waals surface area (Å²) in [6, 6.07) is 7.85. The van der Waals surface area contributed by atoms with Crippen molar-refractivity contribution in [3.8, 4) is 11.8 Å². The summed E-state index contributed by atoms with van der Waals surface area (Å²) < 4.78 is 58.2. The van der Waals surface area contributed by atoms with Gasteiger partial charge in [-0.2, -0.15) is 22.8 Å². The summed E-state index contributed by atoms with van der Waals surface area (Å²) >= 11 is 0. The van der Waals surface area contributed by atoms with Gasteiger partial charge in [-0.05, 0) is 35.7 Å². The van der Waals surface area contributed by atoms with E-state index in [-0.39, 0.29) is 12.0 Å². The molecule has 0 aliphatic carbocycles. The summed E-state index contributed by atoms with van der Waals surface area (Å²) in [6.07, 6.45) is -3.38. The second-order valence-corrected chi connectivity index (χ2v) is 7.49. The first-order valence-electron chi connectivity index (χ1n) is 8.60. The molecule has 4 nitrogen and oxygen atoms in total. The molecule has 0 N–H and O–H groups in total. The van der Waals surface area contributed by atoms with Crippen LogP contribution in [0.15, 0.2) is 36.5 Å². The molecular weight excluding hydrogens is 374 g/mol. The fourth-order valence-electron chi connectivity index (χ4n) is 2.65. The third-order valence-electron chi connectivity index (χ3n) is 3.79. The summed E-state index contributed by atoms with van der Waals surface area (Å²) in [7, 11) is 0. The van der Waals surface area contributed by atoms with Gasteiger partial charge in [0, 0.05) is 12.2 Å². The van der Waals surface area contributed by atoms with E-state index in [2.05, 4.69) is 4.98 Å². The van der Waals surface area contributed by atoms with Crippen LogP contribution in [0.25, 0.3) is 0 Å². The zero-order valence-corrected chi connectivity index (χ0v) is 15.8. The van der Waals surface area contributed by atoms with E-state index in [1.807, 2.05) is 20.8 Å². The van der Waals surface area contributed by atoms with Crippen LogP contribution in [0.4, 0.5) is 23.2 Å². The molecule has 0 fully saturated rings. The molecule has 8 heteroatoms. The maximum atomic E-state index is 13.3. The molecular formula is C20H21F4N3O. The molecule has 0 aliphatic heterocycles. The van der Waals surface area contributed by atoms with Crippen LogP contribution in [0.2, 0.25) is 0 Å². The summed E-state index contributed by atoms with van der Waals surface area (Å²) in [5.41, 5.74) is -1.22. The highest BCUT2D eigenvalue weighted by molar-refractivity contribution is 5.55. The van der Waals surface area contributed by atoms with Crippen LogP contribution >= 0.6 is 0 Å². The fraction of sp³-hybridized carbons (Fsp3) is 0.400. The lowest BCUT2D eigenvalue weighted by Gasteiger charge is -2.32. The van der Waals surface area contributed by atoms with Gasteiger partial charge in [0.25, 0.3) is 0 Å². The van der Waals surface area contributed by atoms with Crippen LogP contribution in [0.1, 0.15) is 31.9 Å². The number of halogens is 4. The minimum absolute atomic E-state index is 0.171. The number of aromatic nitrogens is 1. The van der Waals surface area contributed by atoms with Crippen molar-refractivity contribution in [3.63, 3.8) is 0 Å². The van der Waals surface area contributed by atoms with E-state index < -0.39 is 23.3 Å². The number of ether oxygens (including phenoxy) is 1. The molecule has 2 aromatic rings. The second kappa shape index (κ2) is 8.46. The first-order valence-corrected chi connectivity index (χ1v) is 8.60. The van der Waals surface area contributed by atoms with E-state index in [4.69, 9.17) is 10.00 Å². The smallest absolute Gasteiger partial charge is 0.417 e. The largest absolute Gasteiger partial charge is 0.490 e. The van der Waals surface area contributed by atoms with E-state index in [1.165, 1.54) is 30.5 Å². The lowest BCUT2D eigenvalue weighted by atomic mass is 9.95. The van der Waals surface area contributed by atoms with E-state index in [0.717, 1.165) is 6.07 Å². The molecule has 150 valence electrons. The van der Waals surface area contributed by atoms with Gasteiger partial charge in [0.1, 0.15) is 12.4 Å². The number of pyridine rings is 1. The Morgan fingerprint density at radius 3 is 2.39 bits per heavy atom. The Morgan fingerprint density at radius 2 is 1.86 bits per heavy atom.